The monoisotopic (exact) mass is 210 g/mol. The zero-order valence-electron chi connectivity index (χ0n) is 9.00. The summed E-state index contributed by atoms with van der Waals surface area (Å²) in [5, 5.41) is 7.42. The zero-order valence-corrected chi connectivity index (χ0v) is 9.00. The minimum absolute atomic E-state index is 0.0376. The molecule has 1 saturated carbocycles. The standard InChI is InChI=1S/C11H18N2O2/c1-2-9(1)8-14-10-7-11(15-13-10)3-5-12-6-4-11/h9,12H,1-8H2. The first-order valence-corrected chi connectivity index (χ1v) is 5.95. The van der Waals surface area contributed by atoms with Crippen molar-refractivity contribution in [1.82, 2.24) is 5.32 Å². The lowest BCUT2D eigenvalue weighted by Crippen LogP contribution is -2.42. The van der Waals surface area contributed by atoms with Gasteiger partial charge in [-0.25, -0.2) is 0 Å². The van der Waals surface area contributed by atoms with Crippen molar-refractivity contribution in [3.05, 3.63) is 0 Å². The average Bonchev–Trinajstić information content (AvgIpc) is 3.02. The van der Waals surface area contributed by atoms with E-state index in [4.69, 9.17) is 9.57 Å². The maximum atomic E-state index is 5.66. The lowest BCUT2D eigenvalue weighted by molar-refractivity contribution is -0.0400. The summed E-state index contributed by atoms with van der Waals surface area (Å²) in [4.78, 5) is 5.57. The molecule has 0 unspecified atom stereocenters. The van der Waals surface area contributed by atoms with Gasteiger partial charge in [0.25, 0.3) is 0 Å². The first kappa shape index (κ1) is 9.46. The Morgan fingerprint density at radius 3 is 2.93 bits per heavy atom. The minimum atomic E-state index is -0.0376. The summed E-state index contributed by atoms with van der Waals surface area (Å²) >= 11 is 0. The first-order valence-electron chi connectivity index (χ1n) is 5.95. The van der Waals surface area contributed by atoms with Crippen LogP contribution in [0.5, 0.6) is 0 Å². The molecule has 1 saturated heterocycles. The van der Waals surface area contributed by atoms with E-state index < -0.39 is 0 Å². The third-order valence-electron chi connectivity index (χ3n) is 3.51. The number of hydrogen-bond acceptors (Lipinski definition) is 4. The van der Waals surface area contributed by atoms with E-state index in [0.29, 0.717) is 0 Å². The molecule has 3 aliphatic rings. The van der Waals surface area contributed by atoms with Gasteiger partial charge < -0.3 is 14.9 Å². The SMILES string of the molecule is C1CC2(CCN1)CC(OCC1CC1)=NO2. The molecule has 0 aromatic rings. The molecular formula is C11H18N2O2. The van der Waals surface area contributed by atoms with Crippen LogP contribution in [0.3, 0.4) is 0 Å². The van der Waals surface area contributed by atoms with Crippen molar-refractivity contribution >= 4 is 5.90 Å². The van der Waals surface area contributed by atoms with Gasteiger partial charge in [-0.1, -0.05) is 5.16 Å². The Morgan fingerprint density at radius 1 is 1.40 bits per heavy atom. The molecule has 84 valence electrons. The molecule has 0 radical (unpaired) electrons. The summed E-state index contributed by atoms with van der Waals surface area (Å²) < 4.78 is 5.66. The van der Waals surface area contributed by atoms with Gasteiger partial charge in [-0.2, -0.15) is 0 Å². The predicted octanol–water partition coefficient (Wildman–Crippen LogP) is 1.27. The van der Waals surface area contributed by atoms with E-state index >= 15 is 0 Å². The zero-order chi connectivity index (χ0) is 10.1. The van der Waals surface area contributed by atoms with Crippen LogP contribution in [0.2, 0.25) is 0 Å². The summed E-state index contributed by atoms with van der Waals surface area (Å²) in [5.41, 5.74) is -0.0376. The van der Waals surface area contributed by atoms with E-state index in [1.807, 2.05) is 0 Å². The highest BCUT2D eigenvalue weighted by atomic mass is 16.7. The van der Waals surface area contributed by atoms with Gasteiger partial charge in [-0.15, -0.1) is 0 Å². The fourth-order valence-electron chi connectivity index (χ4n) is 2.21. The van der Waals surface area contributed by atoms with E-state index in [1.165, 1.54) is 12.8 Å². The molecule has 1 N–H and O–H groups in total. The van der Waals surface area contributed by atoms with Crippen molar-refractivity contribution in [3.63, 3.8) is 0 Å². The Balaban J connectivity index is 1.50. The second-order valence-electron chi connectivity index (χ2n) is 4.94. The Morgan fingerprint density at radius 2 is 2.20 bits per heavy atom. The van der Waals surface area contributed by atoms with Crippen LogP contribution in [0.25, 0.3) is 0 Å². The van der Waals surface area contributed by atoms with E-state index in [9.17, 15) is 0 Å². The molecule has 1 aliphatic carbocycles. The van der Waals surface area contributed by atoms with Crippen molar-refractivity contribution in [3.8, 4) is 0 Å². The average molecular weight is 210 g/mol. The molecule has 15 heavy (non-hydrogen) atoms. The second-order valence-corrected chi connectivity index (χ2v) is 4.94. The predicted molar refractivity (Wildman–Crippen MR) is 56.6 cm³/mol. The van der Waals surface area contributed by atoms with Crippen LogP contribution in [0.1, 0.15) is 32.1 Å². The van der Waals surface area contributed by atoms with Gasteiger partial charge in [-0.05, 0) is 31.8 Å². The number of rotatable bonds is 2. The summed E-state index contributed by atoms with van der Waals surface area (Å²) in [6.45, 7) is 2.91. The van der Waals surface area contributed by atoms with Crippen LogP contribution < -0.4 is 5.32 Å². The van der Waals surface area contributed by atoms with E-state index in [2.05, 4.69) is 10.5 Å². The van der Waals surface area contributed by atoms with Gasteiger partial charge in [0, 0.05) is 12.8 Å². The van der Waals surface area contributed by atoms with Crippen LogP contribution in [0.15, 0.2) is 5.16 Å². The van der Waals surface area contributed by atoms with Crippen LogP contribution in [-0.2, 0) is 9.57 Å². The smallest absolute Gasteiger partial charge is 0.229 e. The molecule has 0 bridgehead atoms. The molecule has 4 heteroatoms. The summed E-state index contributed by atoms with van der Waals surface area (Å²) in [7, 11) is 0. The molecule has 0 aromatic carbocycles. The lowest BCUT2D eigenvalue weighted by Gasteiger charge is -2.30. The largest absolute Gasteiger partial charge is 0.478 e. The molecule has 1 spiro atoms. The van der Waals surface area contributed by atoms with Crippen molar-refractivity contribution in [2.75, 3.05) is 19.7 Å². The third kappa shape index (κ3) is 2.09. The van der Waals surface area contributed by atoms with Gasteiger partial charge in [0.15, 0.2) is 0 Å². The molecule has 4 nitrogen and oxygen atoms in total. The van der Waals surface area contributed by atoms with E-state index in [1.54, 1.807) is 0 Å². The Kier molecular flexibility index (Phi) is 2.31. The van der Waals surface area contributed by atoms with E-state index in [0.717, 1.165) is 50.8 Å². The quantitative estimate of drug-likeness (QED) is 0.746. The van der Waals surface area contributed by atoms with Crippen LogP contribution in [0.4, 0.5) is 0 Å². The maximum Gasteiger partial charge on any atom is 0.229 e. The van der Waals surface area contributed by atoms with Gasteiger partial charge in [-0.3, -0.25) is 0 Å². The first-order chi connectivity index (χ1) is 7.36. The summed E-state index contributed by atoms with van der Waals surface area (Å²) in [5.74, 6) is 1.61. The molecule has 0 amide bonds. The van der Waals surface area contributed by atoms with Gasteiger partial charge in [0.05, 0.1) is 13.0 Å². The molecule has 0 aromatic heterocycles. The topological polar surface area (TPSA) is 42.8 Å². The normalized spacial score (nSPS) is 28.7. The minimum Gasteiger partial charge on any atom is -0.478 e. The Hall–Kier alpha value is -0.770. The van der Waals surface area contributed by atoms with Crippen LogP contribution in [0, 0.1) is 5.92 Å². The van der Waals surface area contributed by atoms with Gasteiger partial charge >= 0.3 is 0 Å². The van der Waals surface area contributed by atoms with Crippen LogP contribution >= 0.6 is 0 Å². The highest BCUT2D eigenvalue weighted by molar-refractivity contribution is 5.78. The molecular weight excluding hydrogens is 192 g/mol. The lowest BCUT2D eigenvalue weighted by atomic mass is 9.89. The van der Waals surface area contributed by atoms with Crippen LogP contribution in [-0.4, -0.2) is 31.2 Å². The Bertz CT molecular complexity index is 268. The van der Waals surface area contributed by atoms with Gasteiger partial charge in [0.2, 0.25) is 5.90 Å². The highest BCUT2D eigenvalue weighted by Crippen LogP contribution is 2.34. The van der Waals surface area contributed by atoms with Crippen molar-refractivity contribution in [2.45, 2.75) is 37.7 Å². The number of nitrogens with one attached hydrogen (secondary N) is 1. The number of piperidine rings is 1. The Labute approximate surface area is 90.0 Å². The van der Waals surface area contributed by atoms with Crippen molar-refractivity contribution < 1.29 is 9.57 Å². The fraction of sp³-hybridized carbons (Fsp3) is 0.909. The molecule has 3 rings (SSSR count). The number of ether oxygens (including phenoxy) is 1. The molecule has 2 heterocycles. The van der Waals surface area contributed by atoms with E-state index in [-0.39, 0.29) is 5.60 Å². The summed E-state index contributed by atoms with van der Waals surface area (Å²) in [6.07, 6.45) is 5.62. The number of oxime groups is 1. The molecule has 2 aliphatic heterocycles. The van der Waals surface area contributed by atoms with Crippen molar-refractivity contribution in [1.29, 1.82) is 0 Å². The molecule has 0 atom stereocenters. The summed E-state index contributed by atoms with van der Waals surface area (Å²) in [6, 6.07) is 0. The second kappa shape index (κ2) is 3.67. The number of hydrogen-bond donors (Lipinski definition) is 1. The maximum absolute atomic E-state index is 5.66. The third-order valence-corrected chi connectivity index (χ3v) is 3.51. The highest BCUT2D eigenvalue weighted by Gasteiger charge is 2.41. The fourth-order valence-corrected chi connectivity index (χ4v) is 2.21. The number of nitrogens with zero attached hydrogens (tertiary/aromatic N) is 1. The van der Waals surface area contributed by atoms with Gasteiger partial charge in [0.1, 0.15) is 5.60 Å². The molecule has 2 fully saturated rings. The van der Waals surface area contributed by atoms with Crippen molar-refractivity contribution in [2.24, 2.45) is 11.1 Å².